The molecule has 2 fully saturated rings. The summed E-state index contributed by atoms with van der Waals surface area (Å²) in [5.41, 5.74) is -0.913. The standard InChI is InChI=1S/C25H46N2O3/c1-6-7-8-9-10-11-12-13-14-15-16-20-17-22(28)26(23(20)29)21-18-24(2,3)27(30)25(4,5)19-21/h20-21,30H,6-19H2,1-5H3. The SMILES string of the molecule is CCCCCCCCCCCCC1CC(=O)N(C2CC(C)(C)N(O)C(C)(C)C2)C1=O. The van der Waals surface area contributed by atoms with Crippen molar-refractivity contribution >= 4 is 11.8 Å². The van der Waals surface area contributed by atoms with Crippen molar-refractivity contribution in [2.75, 3.05) is 0 Å². The van der Waals surface area contributed by atoms with Crippen molar-refractivity contribution < 1.29 is 14.8 Å². The summed E-state index contributed by atoms with van der Waals surface area (Å²) in [4.78, 5) is 27.3. The van der Waals surface area contributed by atoms with Gasteiger partial charge in [-0.15, -0.1) is 0 Å². The van der Waals surface area contributed by atoms with Crippen LogP contribution in [0.15, 0.2) is 0 Å². The van der Waals surface area contributed by atoms with Crippen molar-refractivity contribution in [1.82, 2.24) is 9.96 Å². The summed E-state index contributed by atoms with van der Waals surface area (Å²) in [6, 6.07) is -0.115. The number of hydroxylamine groups is 2. The van der Waals surface area contributed by atoms with E-state index in [0.717, 1.165) is 19.3 Å². The van der Waals surface area contributed by atoms with Crippen LogP contribution in [0.1, 0.15) is 125 Å². The van der Waals surface area contributed by atoms with Gasteiger partial charge < -0.3 is 5.21 Å². The second kappa shape index (κ2) is 11.1. The van der Waals surface area contributed by atoms with Gasteiger partial charge in [-0.05, 0) is 47.0 Å². The van der Waals surface area contributed by atoms with Gasteiger partial charge in [-0.2, -0.15) is 5.06 Å². The minimum absolute atomic E-state index is 0.0138. The van der Waals surface area contributed by atoms with Crippen LogP contribution in [0.5, 0.6) is 0 Å². The van der Waals surface area contributed by atoms with Crippen LogP contribution in [-0.4, -0.2) is 44.1 Å². The Labute approximate surface area is 184 Å². The zero-order chi connectivity index (χ0) is 22.4. The van der Waals surface area contributed by atoms with E-state index in [9.17, 15) is 14.8 Å². The Balaban J connectivity index is 1.73. The Kier molecular flexibility index (Phi) is 9.35. The van der Waals surface area contributed by atoms with E-state index >= 15 is 0 Å². The monoisotopic (exact) mass is 422 g/mol. The van der Waals surface area contributed by atoms with Gasteiger partial charge in [0.15, 0.2) is 0 Å². The Morgan fingerprint density at radius 1 is 0.833 bits per heavy atom. The van der Waals surface area contributed by atoms with Crippen LogP contribution in [0.4, 0.5) is 0 Å². The summed E-state index contributed by atoms with van der Waals surface area (Å²) in [6.45, 7) is 10.2. The van der Waals surface area contributed by atoms with Crippen molar-refractivity contribution in [1.29, 1.82) is 0 Å². The smallest absolute Gasteiger partial charge is 0.233 e. The van der Waals surface area contributed by atoms with Crippen LogP contribution in [0.2, 0.25) is 0 Å². The average molecular weight is 423 g/mol. The number of amides is 2. The highest BCUT2D eigenvalue weighted by Gasteiger charge is 2.51. The second-order valence-corrected chi connectivity index (χ2v) is 11.0. The lowest BCUT2D eigenvalue weighted by Crippen LogP contribution is -2.63. The van der Waals surface area contributed by atoms with Gasteiger partial charge in [0.1, 0.15) is 0 Å². The van der Waals surface area contributed by atoms with Crippen molar-refractivity contribution in [2.45, 2.75) is 142 Å². The molecule has 0 aromatic carbocycles. The number of carbonyl (C=O) groups excluding carboxylic acids is 2. The molecule has 0 saturated carbocycles. The van der Waals surface area contributed by atoms with Gasteiger partial charge in [-0.25, -0.2) is 0 Å². The number of hydrogen-bond donors (Lipinski definition) is 1. The van der Waals surface area contributed by atoms with E-state index in [-0.39, 0.29) is 23.8 Å². The van der Waals surface area contributed by atoms with E-state index in [2.05, 4.69) is 6.92 Å². The van der Waals surface area contributed by atoms with Crippen LogP contribution >= 0.6 is 0 Å². The van der Waals surface area contributed by atoms with E-state index in [1.807, 2.05) is 27.7 Å². The van der Waals surface area contributed by atoms with Gasteiger partial charge in [0.2, 0.25) is 11.8 Å². The molecule has 2 amide bonds. The Hall–Kier alpha value is -0.940. The van der Waals surface area contributed by atoms with Gasteiger partial charge in [-0.3, -0.25) is 14.5 Å². The maximum Gasteiger partial charge on any atom is 0.233 e. The lowest BCUT2D eigenvalue weighted by molar-refractivity contribution is -0.250. The molecule has 0 radical (unpaired) electrons. The maximum atomic E-state index is 13.0. The van der Waals surface area contributed by atoms with Gasteiger partial charge in [0.05, 0.1) is 0 Å². The number of carbonyl (C=O) groups is 2. The van der Waals surface area contributed by atoms with Crippen molar-refractivity contribution in [3.05, 3.63) is 0 Å². The predicted octanol–water partition coefficient (Wildman–Crippen LogP) is 6.08. The van der Waals surface area contributed by atoms with E-state index in [0.29, 0.717) is 19.3 Å². The molecule has 5 nitrogen and oxygen atoms in total. The van der Waals surface area contributed by atoms with E-state index in [4.69, 9.17) is 0 Å². The number of imide groups is 1. The molecule has 0 aromatic heterocycles. The highest BCUT2D eigenvalue weighted by atomic mass is 16.5. The normalized spacial score (nSPS) is 24.7. The molecular formula is C25H46N2O3. The number of likely N-dealkylation sites (tertiary alicyclic amines) is 1. The zero-order valence-electron chi connectivity index (χ0n) is 20.2. The molecule has 0 aromatic rings. The highest BCUT2D eigenvalue weighted by molar-refractivity contribution is 6.03. The van der Waals surface area contributed by atoms with Gasteiger partial charge in [0, 0.05) is 29.5 Å². The molecule has 1 unspecified atom stereocenters. The molecule has 5 heteroatoms. The molecule has 0 aliphatic carbocycles. The molecule has 30 heavy (non-hydrogen) atoms. The molecule has 1 N–H and O–H groups in total. The molecule has 2 saturated heterocycles. The first-order chi connectivity index (χ1) is 14.1. The largest absolute Gasteiger partial charge is 0.313 e. The summed E-state index contributed by atoms with van der Waals surface area (Å²) in [7, 11) is 0. The van der Waals surface area contributed by atoms with Crippen LogP contribution in [0, 0.1) is 5.92 Å². The number of rotatable bonds is 12. The summed E-state index contributed by atoms with van der Waals surface area (Å²) >= 11 is 0. The first-order valence-electron chi connectivity index (χ1n) is 12.5. The van der Waals surface area contributed by atoms with Crippen LogP contribution in [0.3, 0.4) is 0 Å². The fourth-order valence-corrected chi connectivity index (χ4v) is 5.60. The molecule has 174 valence electrons. The summed E-state index contributed by atoms with van der Waals surface area (Å²) in [5.74, 6) is -0.121. The van der Waals surface area contributed by atoms with Crippen LogP contribution in [0.25, 0.3) is 0 Å². The quantitative estimate of drug-likeness (QED) is 0.306. The lowest BCUT2D eigenvalue weighted by Gasteiger charge is -2.52. The number of nitrogens with zero attached hydrogens (tertiary/aromatic N) is 2. The third-order valence-corrected chi connectivity index (χ3v) is 7.16. The third kappa shape index (κ3) is 6.53. The number of piperidine rings is 1. The first kappa shape index (κ1) is 25.3. The molecular weight excluding hydrogens is 376 g/mol. The highest BCUT2D eigenvalue weighted by Crippen LogP contribution is 2.41. The van der Waals surface area contributed by atoms with Crippen molar-refractivity contribution in [3.8, 4) is 0 Å². The minimum atomic E-state index is -0.457. The van der Waals surface area contributed by atoms with Gasteiger partial charge in [-0.1, -0.05) is 71.1 Å². The predicted molar refractivity (Wildman–Crippen MR) is 121 cm³/mol. The molecule has 0 spiro atoms. The number of unbranched alkanes of at least 4 members (excludes halogenated alkanes) is 9. The molecule has 2 rings (SSSR count). The molecule has 0 bridgehead atoms. The Morgan fingerprint density at radius 2 is 1.30 bits per heavy atom. The molecule has 2 aliphatic rings. The van der Waals surface area contributed by atoms with Gasteiger partial charge >= 0.3 is 0 Å². The fraction of sp³-hybridized carbons (Fsp3) is 0.920. The Morgan fingerprint density at radius 3 is 1.80 bits per heavy atom. The summed E-state index contributed by atoms with van der Waals surface area (Å²) in [6.07, 6.45) is 15.3. The summed E-state index contributed by atoms with van der Waals surface area (Å²) < 4.78 is 0. The first-order valence-corrected chi connectivity index (χ1v) is 12.5. The maximum absolute atomic E-state index is 13.0. The Bertz CT molecular complexity index is 555. The van der Waals surface area contributed by atoms with Gasteiger partial charge in [0.25, 0.3) is 0 Å². The second-order valence-electron chi connectivity index (χ2n) is 11.0. The zero-order valence-corrected chi connectivity index (χ0v) is 20.2. The molecule has 2 heterocycles. The van der Waals surface area contributed by atoms with Crippen LogP contribution in [-0.2, 0) is 9.59 Å². The van der Waals surface area contributed by atoms with Crippen molar-refractivity contribution in [3.63, 3.8) is 0 Å². The lowest BCUT2D eigenvalue weighted by atomic mass is 9.78. The van der Waals surface area contributed by atoms with Crippen molar-refractivity contribution in [2.24, 2.45) is 5.92 Å². The fourth-order valence-electron chi connectivity index (χ4n) is 5.60. The van der Waals surface area contributed by atoms with E-state index in [1.165, 1.54) is 56.4 Å². The topological polar surface area (TPSA) is 60.9 Å². The van der Waals surface area contributed by atoms with E-state index < -0.39 is 11.1 Å². The molecule has 1 atom stereocenters. The van der Waals surface area contributed by atoms with Crippen LogP contribution < -0.4 is 0 Å². The molecule has 2 aliphatic heterocycles. The minimum Gasteiger partial charge on any atom is -0.313 e. The van der Waals surface area contributed by atoms with E-state index in [1.54, 1.807) is 4.90 Å². The summed E-state index contributed by atoms with van der Waals surface area (Å²) in [5, 5.41) is 11.9. The average Bonchev–Trinajstić information content (AvgIpc) is 2.94. The number of hydrogen-bond acceptors (Lipinski definition) is 4. The third-order valence-electron chi connectivity index (χ3n) is 7.16.